The molecule has 0 aliphatic carbocycles. The lowest BCUT2D eigenvalue weighted by Gasteiger charge is -2.07. The van der Waals surface area contributed by atoms with E-state index in [-0.39, 0.29) is 0 Å². The van der Waals surface area contributed by atoms with Crippen LogP contribution in [0.4, 0.5) is 5.69 Å². The van der Waals surface area contributed by atoms with Gasteiger partial charge in [-0.15, -0.1) is 0 Å². The second kappa shape index (κ2) is 5.10. The number of furan rings is 1. The third kappa shape index (κ3) is 2.66. The largest absolute Gasteiger partial charge is 0.467 e. The lowest BCUT2D eigenvalue weighted by atomic mass is 10.1. The average molecular weight is 316 g/mol. The van der Waals surface area contributed by atoms with Gasteiger partial charge in [-0.2, -0.15) is 0 Å². The summed E-state index contributed by atoms with van der Waals surface area (Å²) >= 11 is 3.49. The maximum absolute atomic E-state index is 5.42. The van der Waals surface area contributed by atoms with E-state index in [1.807, 2.05) is 6.07 Å². The summed E-state index contributed by atoms with van der Waals surface area (Å²) in [4.78, 5) is 0. The second-order valence-electron chi connectivity index (χ2n) is 4.59. The van der Waals surface area contributed by atoms with Gasteiger partial charge in [-0.25, -0.2) is 0 Å². The smallest absolute Gasteiger partial charge is 0.125 e. The molecule has 3 heteroatoms. The van der Waals surface area contributed by atoms with E-state index >= 15 is 0 Å². The van der Waals surface area contributed by atoms with Crippen LogP contribution in [0.25, 0.3) is 10.8 Å². The van der Waals surface area contributed by atoms with E-state index in [2.05, 4.69) is 64.6 Å². The number of hydrogen-bond donors (Lipinski definition) is 1. The van der Waals surface area contributed by atoms with Crippen LogP contribution in [-0.4, -0.2) is 0 Å². The molecule has 0 radical (unpaired) electrons. The highest BCUT2D eigenvalue weighted by Crippen LogP contribution is 2.23. The van der Waals surface area contributed by atoms with Crippen molar-refractivity contribution in [3.05, 3.63) is 64.5 Å². The number of benzene rings is 2. The first-order valence-electron chi connectivity index (χ1n) is 6.18. The SMILES string of the molecule is Cc1ccoc1CNc1ccc2cc(Br)ccc2c1. The van der Waals surface area contributed by atoms with Gasteiger partial charge in [0.15, 0.2) is 0 Å². The van der Waals surface area contributed by atoms with Gasteiger partial charge in [0.05, 0.1) is 12.8 Å². The molecule has 0 atom stereocenters. The van der Waals surface area contributed by atoms with Gasteiger partial charge in [-0.3, -0.25) is 0 Å². The molecule has 0 spiro atoms. The molecule has 0 bridgehead atoms. The van der Waals surface area contributed by atoms with E-state index < -0.39 is 0 Å². The highest BCUT2D eigenvalue weighted by atomic mass is 79.9. The molecular weight excluding hydrogens is 302 g/mol. The highest BCUT2D eigenvalue weighted by molar-refractivity contribution is 9.10. The van der Waals surface area contributed by atoms with Crippen molar-refractivity contribution in [1.82, 2.24) is 0 Å². The molecule has 2 aromatic carbocycles. The summed E-state index contributed by atoms with van der Waals surface area (Å²) in [5, 5.41) is 5.85. The Balaban J connectivity index is 1.82. The number of aryl methyl sites for hydroxylation is 1. The molecular formula is C16H14BrNO. The summed E-state index contributed by atoms with van der Waals surface area (Å²) in [5.74, 6) is 0.982. The summed E-state index contributed by atoms with van der Waals surface area (Å²) in [6, 6.07) is 14.6. The Bertz CT molecular complexity index is 718. The molecule has 1 heterocycles. The quantitative estimate of drug-likeness (QED) is 0.726. The summed E-state index contributed by atoms with van der Waals surface area (Å²) < 4.78 is 6.52. The molecule has 0 aliphatic heterocycles. The van der Waals surface area contributed by atoms with Crippen LogP contribution in [0.5, 0.6) is 0 Å². The van der Waals surface area contributed by atoms with Crippen LogP contribution in [0.3, 0.4) is 0 Å². The molecule has 0 saturated heterocycles. The van der Waals surface area contributed by atoms with E-state index in [0.29, 0.717) is 6.54 Å². The molecule has 2 nitrogen and oxygen atoms in total. The first-order chi connectivity index (χ1) is 9.22. The Morgan fingerprint density at radius 3 is 2.63 bits per heavy atom. The lowest BCUT2D eigenvalue weighted by molar-refractivity contribution is 0.515. The molecule has 19 heavy (non-hydrogen) atoms. The number of anilines is 1. The number of rotatable bonds is 3. The molecule has 96 valence electrons. The fourth-order valence-corrected chi connectivity index (χ4v) is 2.47. The van der Waals surface area contributed by atoms with E-state index in [1.165, 1.54) is 16.3 Å². The minimum atomic E-state index is 0.709. The zero-order valence-electron chi connectivity index (χ0n) is 10.6. The van der Waals surface area contributed by atoms with Gasteiger partial charge in [0.2, 0.25) is 0 Å². The molecule has 3 aromatic rings. The van der Waals surface area contributed by atoms with Crippen molar-refractivity contribution in [3.8, 4) is 0 Å². The molecule has 1 aromatic heterocycles. The van der Waals surface area contributed by atoms with Crippen LogP contribution < -0.4 is 5.32 Å². The molecule has 1 N–H and O–H groups in total. The van der Waals surface area contributed by atoms with Crippen molar-refractivity contribution in [2.24, 2.45) is 0 Å². The minimum Gasteiger partial charge on any atom is -0.467 e. The van der Waals surface area contributed by atoms with Crippen LogP contribution in [0.1, 0.15) is 11.3 Å². The Hall–Kier alpha value is -1.74. The molecule has 0 aliphatic rings. The molecule has 0 fully saturated rings. The normalized spacial score (nSPS) is 10.8. The van der Waals surface area contributed by atoms with Crippen LogP contribution in [-0.2, 0) is 6.54 Å². The van der Waals surface area contributed by atoms with Crippen molar-refractivity contribution in [2.45, 2.75) is 13.5 Å². The highest BCUT2D eigenvalue weighted by Gasteiger charge is 2.02. The van der Waals surface area contributed by atoms with E-state index in [9.17, 15) is 0 Å². The summed E-state index contributed by atoms with van der Waals surface area (Å²) in [5.41, 5.74) is 2.28. The predicted octanol–water partition coefficient (Wildman–Crippen LogP) is 5.12. The van der Waals surface area contributed by atoms with E-state index in [0.717, 1.165) is 15.9 Å². The average Bonchev–Trinajstić information content (AvgIpc) is 2.82. The van der Waals surface area contributed by atoms with Crippen LogP contribution >= 0.6 is 15.9 Å². The van der Waals surface area contributed by atoms with Gasteiger partial charge in [0, 0.05) is 10.2 Å². The molecule has 0 amide bonds. The maximum Gasteiger partial charge on any atom is 0.125 e. The van der Waals surface area contributed by atoms with E-state index in [1.54, 1.807) is 6.26 Å². The summed E-state index contributed by atoms with van der Waals surface area (Å²) in [6.07, 6.45) is 1.73. The summed E-state index contributed by atoms with van der Waals surface area (Å²) in [6.45, 7) is 2.76. The molecule has 3 rings (SSSR count). The Labute approximate surface area is 120 Å². The number of nitrogens with one attached hydrogen (secondary N) is 1. The zero-order valence-corrected chi connectivity index (χ0v) is 12.2. The topological polar surface area (TPSA) is 25.2 Å². The van der Waals surface area contributed by atoms with Crippen molar-refractivity contribution in [2.75, 3.05) is 5.32 Å². The third-order valence-corrected chi connectivity index (χ3v) is 3.72. The first kappa shape index (κ1) is 12.3. The van der Waals surface area contributed by atoms with Gasteiger partial charge in [0.25, 0.3) is 0 Å². The van der Waals surface area contributed by atoms with Crippen molar-refractivity contribution >= 4 is 32.4 Å². The Morgan fingerprint density at radius 1 is 1.05 bits per heavy atom. The fraction of sp³-hybridized carbons (Fsp3) is 0.125. The first-order valence-corrected chi connectivity index (χ1v) is 6.98. The van der Waals surface area contributed by atoms with Gasteiger partial charge in [-0.1, -0.05) is 28.1 Å². The minimum absolute atomic E-state index is 0.709. The Morgan fingerprint density at radius 2 is 1.84 bits per heavy atom. The van der Waals surface area contributed by atoms with Crippen molar-refractivity contribution < 1.29 is 4.42 Å². The summed E-state index contributed by atoms with van der Waals surface area (Å²) in [7, 11) is 0. The molecule has 0 unspecified atom stereocenters. The number of hydrogen-bond acceptors (Lipinski definition) is 2. The van der Waals surface area contributed by atoms with Gasteiger partial charge < -0.3 is 9.73 Å². The standard InChI is InChI=1S/C16H14BrNO/c1-11-6-7-19-16(11)10-18-15-5-3-12-8-14(17)4-2-13(12)9-15/h2-9,18H,10H2,1H3. The maximum atomic E-state index is 5.42. The zero-order chi connectivity index (χ0) is 13.2. The van der Waals surface area contributed by atoms with Crippen molar-refractivity contribution in [1.29, 1.82) is 0 Å². The number of halogens is 1. The lowest BCUT2D eigenvalue weighted by Crippen LogP contribution is -1.99. The van der Waals surface area contributed by atoms with Crippen LogP contribution in [0.15, 0.2) is 57.6 Å². The second-order valence-corrected chi connectivity index (χ2v) is 5.50. The third-order valence-electron chi connectivity index (χ3n) is 3.22. The van der Waals surface area contributed by atoms with Crippen LogP contribution in [0, 0.1) is 6.92 Å². The van der Waals surface area contributed by atoms with Gasteiger partial charge in [0.1, 0.15) is 5.76 Å². The van der Waals surface area contributed by atoms with E-state index in [4.69, 9.17) is 4.42 Å². The Kier molecular flexibility index (Phi) is 3.30. The molecule has 0 saturated carbocycles. The van der Waals surface area contributed by atoms with Crippen LogP contribution in [0.2, 0.25) is 0 Å². The number of fused-ring (bicyclic) bond motifs is 1. The van der Waals surface area contributed by atoms with Crippen molar-refractivity contribution in [3.63, 3.8) is 0 Å². The van der Waals surface area contributed by atoms with Gasteiger partial charge >= 0.3 is 0 Å². The fourth-order valence-electron chi connectivity index (χ4n) is 2.09. The van der Waals surface area contributed by atoms with Gasteiger partial charge in [-0.05, 0) is 53.6 Å². The predicted molar refractivity (Wildman–Crippen MR) is 82.4 cm³/mol. The monoisotopic (exact) mass is 315 g/mol.